The van der Waals surface area contributed by atoms with Crippen molar-refractivity contribution in [3.05, 3.63) is 52.9 Å². The number of rotatable bonds is 3. The lowest BCUT2D eigenvalue weighted by Gasteiger charge is -2.12. The molecule has 0 aliphatic rings. The molecule has 2 nitrogen and oxygen atoms in total. The molecular formula is C13H11ClFNOS. The average molecular weight is 284 g/mol. The number of halogens is 2. The van der Waals surface area contributed by atoms with Crippen LogP contribution in [0, 0.1) is 5.82 Å². The van der Waals surface area contributed by atoms with Crippen molar-refractivity contribution < 1.29 is 9.50 Å². The Hall–Kier alpha value is -1.10. The molecule has 1 heterocycles. The van der Waals surface area contributed by atoms with E-state index in [1.54, 1.807) is 37.4 Å². The summed E-state index contributed by atoms with van der Waals surface area (Å²) in [5.41, 5.74) is 0.529. The molecule has 18 heavy (non-hydrogen) atoms. The Labute approximate surface area is 114 Å². The molecule has 0 saturated heterocycles. The zero-order chi connectivity index (χ0) is 13.1. The lowest BCUT2D eigenvalue weighted by molar-refractivity contribution is 0.195. The number of aromatic nitrogens is 1. The van der Waals surface area contributed by atoms with Crippen LogP contribution < -0.4 is 0 Å². The molecule has 94 valence electrons. The van der Waals surface area contributed by atoms with Crippen molar-refractivity contribution in [2.75, 3.05) is 0 Å². The van der Waals surface area contributed by atoms with E-state index in [0.29, 0.717) is 20.5 Å². The molecule has 1 atom stereocenters. The molecule has 0 aliphatic heterocycles. The lowest BCUT2D eigenvalue weighted by atomic mass is 10.1. The maximum atomic E-state index is 13.8. The summed E-state index contributed by atoms with van der Waals surface area (Å²) in [5, 5.41) is 10.6. The molecule has 1 aromatic carbocycles. The van der Waals surface area contributed by atoms with Crippen molar-refractivity contribution in [1.82, 2.24) is 4.98 Å². The number of pyridine rings is 1. The summed E-state index contributed by atoms with van der Waals surface area (Å²) < 4.78 is 13.8. The van der Waals surface area contributed by atoms with Gasteiger partial charge in [0.05, 0.1) is 16.0 Å². The molecular weight excluding hydrogens is 273 g/mol. The molecule has 2 rings (SSSR count). The number of hydrogen-bond donors (Lipinski definition) is 1. The van der Waals surface area contributed by atoms with Crippen molar-refractivity contribution in [2.45, 2.75) is 22.9 Å². The van der Waals surface area contributed by atoms with Crippen molar-refractivity contribution >= 4 is 23.4 Å². The molecule has 5 heteroatoms. The van der Waals surface area contributed by atoms with Gasteiger partial charge in [0.15, 0.2) is 0 Å². The highest BCUT2D eigenvalue weighted by Crippen LogP contribution is 2.37. The first-order chi connectivity index (χ1) is 8.59. The van der Waals surface area contributed by atoms with Gasteiger partial charge in [-0.3, -0.25) is 0 Å². The van der Waals surface area contributed by atoms with E-state index in [1.807, 2.05) is 0 Å². The van der Waals surface area contributed by atoms with Crippen molar-refractivity contribution in [1.29, 1.82) is 0 Å². The van der Waals surface area contributed by atoms with Gasteiger partial charge < -0.3 is 5.11 Å². The van der Waals surface area contributed by atoms with Crippen LogP contribution in [-0.2, 0) is 0 Å². The molecule has 0 radical (unpaired) electrons. The average Bonchev–Trinajstić information content (AvgIpc) is 2.34. The second kappa shape index (κ2) is 5.69. The minimum absolute atomic E-state index is 0.355. The molecule has 0 fully saturated rings. The van der Waals surface area contributed by atoms with Crippen molar-refractivity contribution in [2.24, 2.45) is 0 Å². The lowest BCUT2D eigenvalue weighted by Crippen LogP contribution is -1.97. The number of hydrogen-bond acceptors (Lipinski definition) is 3. The molecule has 0 saturated carbocycles. The molecule has 0 spiro atoms. The van der Waals surface area contributed by atoms with Gasteiger partial charge >= 0.3 is 0 Å². The highest BCUT2D eigenvalue weighted by Gasteiger charge is 2.15. The SMILES string of the molecule is CC(O)c1cccc(F)c1Sc1ncccc1Cl. The van der Waals surface area contributed by atoms with Crippen molar-refractivity contribution in [3.8, 4) is 0 Å². The van der Waals surface area contributed by atoms with Crippen LogP contribution in [0.5, 0.6) is 0 Å². The molecule has 0 amide bonds. The first kappa shape index (κ1) is 13.3. The molecule has 1 aromatic heterocycles. The fourth-order valence-electron chi connectivity index (χ4n) is 1.51. The first-order valence-corrected chi connectivity index (χ1v) is 6.54. The summed E-state index contributed by atoms with van der Waals surface area (Å²) in [6.07, 6.45) is 0.850. The topological polar surface area (TPSA) is 33.1 Å². The van der Waals surface area contributed by atoms with Crippen LogP contribution in [-0.4, -0.2) is 10.1 Å². The number of nitrogens with zero attached hydrogens (tertiary/aromatic N) is 1. The largest absolute Gasteiger partial charge is 0.389 e. The predicted molar refractivity (Wildman–Crippen MR) is 70.4 cm³/mol. The molecule has 2 aromatic rings. The van der Waals surface area contributed by atoms with Crippen LogP contribution in [0.15, 0.2) is 46.5 Å². The third-order valence-corrected chi connectivity index (χ3v) is 3.94. The molecule has 0 bridgehead atoms. The van der Waals surface area contributed by atoms with Crippen LogP contribution >= 0.6 is 23.4 Å². The van der Waals surface area contributed by atoms with E-state index in [0.717, 1.165) is 11.8 Å². The Bertz CT molecular complexity index is 562. The standard InChI is InChI=1S/C13H11ClFNOS/c1-8(17)9-4-2-6-11(15)12(9)18-13-10(14)5-3-7-16-13/h2-8,17H,1H3. The fraction of sp³-hybridized carbons (Fsp3) is 0.154. The van der Waals surface area contributed by atoms with Crippen LogP contribution in [0.1, 0.15) is 18.6 Å². The fourth-order valence-corrected chi connectivity index (χ4v) is 2.74. The van der Waals surface area contributed by atoms with Gasteiger partial charge in [-0.25, -0.2) is 9.37 Å². The minimum atomic E-state index is -0.745. The van der Waals surface area contributed by atoms with Crippen LogP contribution in [0.25, 0.3) is 0 Å². The van der Waals surface area contributed by atoms with Gasteiger partial charge in [-0.1, -0.05) is 35.5 Å². The van der Waals surface area contributed by atoms with Gasteiger partial charge in [0.2, 0.25) is 0 Å². The van der Waals surface area contributed by atoms with E-state index in [4.69, 9.17) is 11.6 Å². The maximum absolute atomic E-state index is 13.8. The summed E-state index contributed by atoms with van der Waals surface area (Å²) in [6.45, 7) is 1.60. The zero-order valence-electron chi connectivity index (χ0n) is 9.60. The van der Waals surface area contributed by atoms with Gasteiger partial charge in [0.1, 0.15) is 10.8 Å². The highest BCUT2D eigenvalue weighted by molar-refractivity contribution is 7.99. The number of benzene rings is 1. The molecule has 0 aliphatic carbocycles. The molecule has 1 N–H and O–H groups in total. The van der Waals surface area contributed by atoms with E-state index in [-0.39, 0.29) is 5.82 Å². The third kappa shape index (κ3) is 2.83. The van der Waals surface area contributed by atoms with Crippen LogP contribution in [0.2, 0.25) is 5.02 Å². The summed E-state index contributed by atoms with van der Waals surface area (Å²) in [5.74, 6) is -0.389. The Balaban J connectivity index is 2.43. The van der Waals surface area contributed by atoms with Crippen molar-refractivity contribution in [3.63, 3.8) is 0 Å². The Kier molecular flexibility index (Phi) is 4.22. The second-order valence-electron chi connectivity index (χ2n) is 3.73. The van der Waals surface area contributed by atoms with Gasteiger partial charge in [0, 0.05) is 6.20 Å². The van der Waals surface area contributed by atoms with Gasteiger partial charge in [-0.2, -0.15) is 0 Å². The normalized spacial score (nSPS) is 12.4. The summed E-state index contributed by atoms with van der Waals surface area (Å²) in [6, 6.07) is 8.02. The second-order valence-corrected chi connectivity index (χ2v) is 5.13. The first-order valence-electron chi connectivity index (χ1n) is 5.34. The predicted octanol–water partition coefficient (Wildman–Crippen LogP) is 4.08. The summed E-state index contributed by atoms with van der Waals surface area (Å²) in [7, 11) is 0. The Morgan fingerprint density at radius 1 is 1.33 bits per heavy atom. The Morgan fingerprint density at radius 3 is 2.78 bits per heavy atom. The van der Waals surface area contributed by atoms with Crippen LogP contribution in [0.3, 0.4) is 0 Å². The third-order valence-electron chi connectivity index (χ3n) is 2.37. The zero-order valence-corrected chi connectivity index (χ0v) is 11.2. The van der Waals surface area contributed by atoms with E-state index in [9.17, 15) is 9.50 Å². The Morgan fingerprint density at radius 2 is 2.11 bits per heavy atom. The van der Waals surface area contributed by atoms with Gasteiger partial charge in [-0.15, -0.1) is 0 Å². The van der Waals surface area contributed by atoms with E-state index < -0.39 is 6.10 Å². The van der Waals surface area contributed by atoms with Crippen LogP contribution in [0.4, 0.5) is 4.39 Å². The van der Waals surface area contributed by atoms with E-state index in [1.165, 1.54) is 6.07 Å². The monoisotopic (exact) mass is 283 g/mol. The summed E-state index contributed by atoms with van der Waals surface area (Å²) >= 11 is 7.11. The van der Waals surface area contributed by atoms with E-state index in [2.05, 4.69) is 4.98 Å². The smallest absolute Gasteiger partial charge is 0.137 e. The minimum Gasteiger partial charge on any atom is -0.389 e. The maximum Gasteiger partial charge on any atom is 0.137 e. The van der Waals surface area contributed by atoms with Gasteiger partial charge in [-0.05, 0) is 30.7 Å². The quantitative estimate of drug-likeness (QED) is 0.921. The number of aliphatic hydroxyl groups is 1. The highest BCUT2D eigenvalue weighted by atomic mass is 35.5. The number of aliphatic hydroxyl groups excluding tert-OH is 1. The van der Waals surface area contributed by atoms with Gasteiger partial charge in [0.25, 0.3) is 0 Å². The van der Waals surface area contributed by atoms with E-state index >= 15 is 0 Å². The summed E-state index contributed by atoms with van der Waals surface area (Å²) in [4.78, 5) is 4.45. The molecule has 1 unspecified atom stereocenters.